The number of halogens is 1. The van der Waals surface area contributed by atoms with E-state index in [4.69, 9.17) is 16.6 Å². The molecule has 1 unspecified atom stereocenters. The van der Waals surface area contributed by atoms with Gasteiger partial charge in [-0.1, -0.05) is 35.9 Å². The third-order valence-corrected chi connectivity index (χ3v) is 7.49. The molecule has 0 spiro atoms. The Morgan fingerprint density at radius 2 is 2.00 bits per heavy atom. The van der Waals surface area contributed by atoms with Crippen LogP contribution in [0.5, 0.6) is 0 Å². The van der Waals surface area contributed by atoms with Crippen LogP contribution in [-0.2, 0) is 24.2 Å². The summed E-state index contributed by atoms with van der Waals surface area (Å²) in [5.41, 5.74) is 6.72. The normalized spacial score (nSPS) is 19.5. The monoisotopic (exact) mass is 512 g/mol. The number of anilines is 1. The van der Waals surface area contributed by atoms with E-state index in [9.17, 15) is 4.79 Å². The van der Waals surface area contributed by atoms with E-state index in [0.717, 1.165) is 47.9 Å². The Kier molecular flexibility index (Phi) is 6.74. The summed E-state index contributed by atoms with van der Waals surface area (Å²) in [4.78, 5) is 24.7. The van der Waals surface area contributed by atoms with E-state index in [0.29, 0.717) is 13.1 Å². The van der Waals surface area contributed by atoms with Crippen LogP contribution in [-0.4, -0.2) is 51.0 Å². The fraction of sp³-hybridized carbons (Fsp3) is 0.276. The number of piperazine rings is 1. The Labute approximate surface area is 221 Å². The highest BCUT2D eigenvalue weighted by atomic mass is 35.5. The van der Waals surface area contributed by atoms with Gasteiger partial charge in [0.2, 0.25) is 5.91 Å². The summed E-state index contributed by atoms with van der Waals surface area (Å²) in [6.45, 7) is 2.84. The topological polar surface area (TPSA) is 75.1 Å². The number of carbonyl (C=O) groups is 1. The molecular formula is C29H29ClN6O. The quantitative estimate of drug-likeness (QED) is 0.421. The Morgan fingerprint density at radius 1 is 1.08 bits per heavy atom. The van der Waals surface area contributed by atoms with Crippen molar-refractivity contribution in [1.82, 2.24) is 24.8 Å². The van der Waals surface area contributed by atoms with Crippen molar-refractivity contribution in [3.05, 3.63) is 112 Å². The zero-order chi connectivity index (χ0) is 25.2. The summed E-state index contributed by atoms with van der Waals surface area (Å²) in [6.07, 6.45) is 9.21. The molecule has 2 N–H and O–H groups in total. The molecule has 2 aromatic heterocycles. The van der Waals surface area contributed by atoms with Crippen LogP contribution in [0.3, 0.4) is 0 Å². The van der Waals surface area contributed by atoms with Crippen LogP contribution in [0.25, 0.3) is 0 Å². The summed E-state index contributed by atoms with van der Waals surface area (Å²) >= 11 is 6.37. The second-order valence-corrected chi connectivity index (χ2v) is 10.2. The molecule has 4 aromatic rings. The van der Waals surface area contributed by atoms with E-state index in [-0.39, 0.29) is 18.0 Å². The van der Waals surface area contributed by atoms with Gasteiger partial charge >= 0.3 is 0 Å². The zero-order valence-electron chi connectivity index (χ0n) is 20.5. The molecule has 8 heteroatoms. The molecule has 2 aliphatic rings. The number of aryl methyl sites for hydroxylation is 2. The SMILES string of the molecule is O=C(Nc1cccc(Cn2ccnc2)c1)C1CN([C@@H]2c3ccc(Cl)cc3CCc3cccnc32)CCN1. The predicted octanol–water partition coefficient (Wildman–Crippen LogP) is 4.08. The van der Waals surface area contributed by atoms with Gasteiger partial charge in [-0.25, -0.2) is 4.98 Å². The second-order valence-electron chi connectivity index (χ2n) is 9.72. The smallest absolute Gasteiger partial charge is 0.242 e. The minimum Gasteiger partial charge on any atom is -0.333 e. The minimum atomic E-state index is -0.336. The molecule has 3 heterocycles. The maximum atomic E-state index is 13.4. The van der Waals surface area contributed by atoms with E-state index in [1.54, 1.807) is 12.5 Å². The Balaban J connectivity index is 1.22. The largest absolute Gasteiger partial charge is 0.333 e. The fourth-order valence-electron chi connectivity index (χ4n) is 5.50. The number of carbonyl (C=O) groups excluding carboxylic acids is 1. The lowest BCUT2D eigenvalue weighted by atomic mass is 9.95. The highest BCUT2D eigenvalue weighted by Crippen LogP contribution is 2.37. The third-order valence-electron chi connectivity index (χ3n) is 7.26. The van der Waals surface area contributed by atoms with Crippen LogP contribution >= 0.6 is 11.6 Å². The van der Waals surface area contributed by atoms with Gasteiger partial charge in [0.15, 0.2) is 0 Å². The Hall–Kier alpha value is -3.52. The summed E-state index contributed by atoms with van der Waals surface area (Å²) in [7, 11) is 0. The van der Waals surface area contributed by atoms with Crippen molar-refractivity contribution in [2.75, 3.05) is 25.0 Å². The van der Waals surface area contributed by atoms with Crippen molar-refractivity contribution in [2.24, 2.45) is 0 Å². The average Bonchev–Trinajstić information content (AvgIpc) is 3.36. The number of benzene rings is 2. The van der Waals surface area contributed by atoms with Crippen LogP contribution in [0.1, 0.15) is 34.0 Å². The average molecular weight is 513 g/mol. The zero-order valence-corrected chi connectivity index (χ0v) is 21.2. The number of nitrogens with one attached hydrogen (secondary N) is 2. The van der Waals surface area contributed by atoms with Crippen molar-refractivity contribution in [3.63, 3.8) is 0 Å². The molecule has 1 fully saturated rings. The Morgan fingerprint density at radius 3 is 2.89 bits per heavy atom. The van der Waals surface area contributed by atoms with Gasteiger partial charge in [-0.2, -0.15) is 0 Å². The van der Waals surface area contributed by atoms with E-state index >= 15 is 0 Å². The van der Waals surface area contributed by atoms with Crippen LogP contribution in [0, 0.1) is 0 Å². The number of fused-ring (bicyclic) bond motifs is 2. The molecule has 0 saturated carbocycles. The predicted molar refractivity (Wildman–Crippen MR) is 145 cm³/mol. The number of amides is 1. The van der Waals surface area contributed by atoms with Crippen molar-refractivity contribution < 1.29 is 4.79 Å². The number of nitrogens with zero attached hydrogens (tertiary/aromatic N) is 4. The number of aromatic nitrogens is 3. The van der Waals surface area contributed by atoms with E-state index in [2.05, 4.69) is 44.8 Å². The summed E-state index contributed by atoms with van der Waals surface area (Å²) in [5, 5.41) is 7.31. The van der Waals surface area contributed by atoms with Crippen molar-refractivity contribution in [1.29, 1.82) is 0 Å². The molecule has 37 heavy (non-hydrogen) atoms. The van der Waals surface area contributed by atoms with Crippen LogP contribution < -0.4 is 10.6 Å². The van der Waals surface area contributed by atoms with Crippen molar-refractivity contribution in [2.45, 2.75) is 31.5 Å². The number of pyridine rings is 1. The maximum Gasteiger partial charge on any atom is 0.242 e. The van der Waals surface area contributed by atoms with Gasteiger partial charge in [0.1, 0.15) is 0 Å². The first-order valence-corrected chi connectivity index (χ1v) is 13.1. The van der Waals surface area contributed by atoms with Gasteiger partial charge in [0.25, 0.3) is 0 Å². The highest BCUT2D eigenvalue weighted by Gasteiger charge is 2.35. The highest BCUT2D eigenvalue weighted by molar-refractivity contribution is 6.30. The fourth-order valence-corrected chi connectivity index (χ4v) is 5.70. The lowest BCUT2D eigenvalue weighted by Crippen LogP contribution is -2.56. The van der Waals surface area contributed by atoms with Gasteiger partial charge in [-0.05, 0) is 65.4 Å². The maximum absolute atomic E-state index is 13.4. The molecule has 2 aromatic carbocycles. The summed E-state index contributed by atoms with van der Waals surface area (Å²) in [6, 6.07) is 18.0. The lowest BCUT2D eigenvalue weighted by molar-refractivity contribution is -0.119. The lowest BCUT2D eigenvalue weighted by Gasteiger charge is -2.39. The first-order valence-electron chi connectivity index (χ1n) is 12.7. The van der Waals surface area contributed by atoms with Gasteiger partial charge in [0, 0.05) is 55.5 Å². The second kappa shape index (κ2) is 10.5. The van der Waals surface area contributed by atoms with E-state index in [1.165, 1.54) is 16.7 Å². The Bertz CT molecular complexity index is 1410. The molecular weight excluding hydrogens is 484 g/mol. The molecule has 1 aliphatic carbocycles. The van der Waals surface area contributed by atoms with Gasteiger partial charge < -0.3 is 15.2 Å². The van der Waals surface area contributed by atoms with Crippen LogP contribution in [0.2, 0.25) is 5.02 Å². The number of imidazole rings is 1. The first kappa shape index (κ1) is 23.9. The molecule has 0 bridgehead atoms. The molecule has 188 valence electrons. The van der Waals surface area contributed by atoms with Gasteiger partial charge in [-0.3, -0.25) is 14.7 Å². The standard InChI is InChI=1S/C29H29ClN6O/c30-23-8-9-25-22(16-23)7-6-21-4-2-10-33-27(21)28(25)36-14-12-32-26(18-36)29(37)34-24-5-1-3-20(15-24)17-35-13-11-31-19-35/h1-5,8-11,13,15-16,19,26,28,32H,6-7,12,14,17-18H2,(H,34,37)/t26?,28-/m1/s1. The summed E-state index contributed by atoms with van der Waals surface area (Å²) < 4.78 is 2.01. The van der Waals surface area contributed by atoms with Gasteiger partial charge in [-0.15, -0.1) is 0 Å². The summed E-state index contributed by atoms with van der Waals surface area (Å²) in [5.74, 6) is -0.0318. The molecule has 6 rings (SSSR count). The number of hydrogen-bond donors (Lipinski definition) is 2. The number of rotatable bonds is 5. The van der Waals surface area contributed by atoms with Gasteiger partial charge in [0.05, 0.1) is 24.1 Å². The van der Waals surface area contributed by atoms with E-state index in [1.807, 2.05) is 47.3 Å². The van der Waals surface area contributed by atoms with E-state index < -0.39 is 0 Å². The number of hydrogen-bond acceptors (Lipinski definition) is 5. The molecule has 1 saturated heterocycles. The van der Waals surface area contributed by atoms with Crippen LogP contribution in [0.4, 0.5) is 5.69 Å². The molecule has 2 atom stereocenters. The third kappa shape index (κ3) is 5.16. The molecule has 0 radical (unpaired) electrons. The molecule has 7 nitrogen and oxygen atoms in total. The van der Waals surface area contributed by atoms with Crippen LogP contribution in [0.15, 0.2) is 79.5 Å². The van der Waals surface area contributed by atoms with Crippen molar-refractivity contribution >= 4 is 23.2 Å². The van der Waals surface area contributed by atoms with Crippen molar-refractivity contribution in [3.8, 4) is 0 Å². The first-order chi connectivity index (χ1) is 18.1. The molecule has 1 amide bonds. The minimum absolute atomic E-state index is 0.0122. The molecule has 1 aliphatic heterocycles.